The highest BCUT2D eigenvalue weighted by molar-refractivity contribution is 7.80. The highest BCUT2D eigenvalue weighted by Crippen LogP contribution is 2.45. The van der Waals surface area contributed by atoms with Gasteiger partial charge in [-0.05, 0) is 56.3 Å². The summed E-state index contributed by atoms with van der Waals surface area (Å²) in [4.78, 5) is 31.8. The van der Waals surface area contributed by atoms with Gasteiger partial charge in [0.25, 0.3) is 11.8 Å². The maximum absolute atomic E-state index is 14.2. The van der Waals surface area contributed by atoms with E-state index in [2.05, 4.69) is 0 Å². The van der Waals surface area contributed by atoms with Crippen molar-refractivity contribution in [3.05, 3.63) is 77.1 Å². The lowest BCUT2D eigenvalue weighted by Gasteiger charge is -2.37. The molecule has 0 bridgehead atoms. The first-order valence-electron chi connectivity index (χ1n) is 12.9. The van der Waals surface area contributed by atoms with Crippen molar-refractivity contribution in [2.75, 3.05) is 24.5 Å². The zero-order valence-electron chi connectivity index (χ0n) is 22.0. The molecule has 4 rings (SSSR count). The molecule has 0 spiro atoms. The van der Waals surface area contributed by atoms with Crippen LogP contribution in [0.15, 0.2) is 65.9 Å². The minimum Gasteiger partial charge on any atom is -0.456 e. The topological polar surface area (TPSA) is 53.1 Å². The van der Waals surface area contributed by atoms with Crippen LogP contribution in [0.2, 0.25) is 0 Å². The smallest absolute Gasteiger partial charge is 0.417 e. The van der Waals surface area contributed by atoms with E-state index in [4.69, 9.17) is 17.0 Å². The third-order valence-electron chi connectivity index (χ3n) is 6.73. The van der Waals surface area contributed by atoms with Crippen LogP contribution in [-0.2, 0) is 16.1 Å². The van der Waals surface area contributed by atoms with E-state index in [1.54, 1.807) is 30.3 Å². The van der Waals surface area contributed by atoms with E-state index in [1.807, 2.05) is 31.7 Å². The molecule has 1 fully saturated rings. The Bertz CT molecular complexity index is 1330. The molecular weight excluding hydrogens is 527 g/mol. The summed E-state index contributed by atoms with van der Waals surface area (Å²) in [6, 6.07) is 13.5. The van der Waals surface area contributed by atoms with Gasteiger partial charge in [-0.1, -0.05) is 43.7 Å². The van der Waals surface area contributed by atoms with Crippen LogP contribution >= 0.6 is 12.2 Å². The summed E-state index contributed by atoms with van der Waals surface area (Å²) in [5, 5.41) is 0.0201. The van der Waals surface area contributed by atoms with Crippen LogP contribution in [0.3, 0.4) is 0 Å². The molecule has 39 heavy (non-hydrogen) atoms. The lowest BCUT2D eigenvalue weighted by Crippen LogP contribution is -2.56. The zero-order chi connectivity index (χ0) is 28.3. The quantitative estimate of drug-likeness (QED) is 0.224. The highest BCUT2D eigenvalue weighted by Gasteiger charge is 2.44. The summed E-state index contributed by atoms with van der Waals surface area (Å²) in [5.41, 5.74) is -0.188. The average Bonchev–Trinajstić information content (AvgIpc) is 2.91. The van der Waals surface area contributed by atoms with E-state index in [0.29, 0.717) is 25.2 Å². The van der Waals surface area contributed by atoms with Crippen LogP contribution in [0.4, 0.5) is 18.9 Å². The number of benzene rings is 2. The van der Waals surface area contributed by atoms with Crippen molar-refractivity contribution < 1.29 is 27.5 Å². The van der Waals surface area contributed by atoms with Gasteiger partial charge in [0.15, 0.2) is 5.11 Å². The molecule has 2 aliphatic heterocycles. The van der Waals surface area contributed by atoms with Crippen molar-refractivity contribution in [1.29, 1.82) is 0 Å². The fourth-order valence-electron chi connectivity index (χ4n) is 4.63. The average molecular weight is 558 g/mol. The van der Waals surface area contributed by atoms with Crippen molar-refractivity contribution in [2.24, 2.45) is 0 Å². The lowest BCUT2D eigenvalue weighted by molar-refractivity contribution is -0.134. The van der Waals surface area contributed by atoms with Gasteiger partial charge in [-0.2, -0.15) is 13.2 Å². The molecule has 0 aliphatic carbocycles. The summed E-state index contributed by atoms with van der Waals surface area (Å²) < 4.78 is 48.7. The Morgan fingerprint density at radius 2 is 1.62 bits per heavy atom. The Balaban J connectivity index is 1.87. The Labute approximate surface area is 231 Å². The molecule has 2 aromatic rings. The predicted molar refractivity (Wildman–Crippen MR) is 148 cm³/mol. The van der Waals surface area contributed by atoms with Gasteiger partial charge in [-0.15, -0.1) is 0 Å². The number of hydrogen-bond donors (Lipinski definition) is 0. The van der Waals surface area contributed by atoms with E-state index < -0.39 is 34.9 Å². The van der Waals surface area contributed by atoms with Crippen LogP contribution < -0.4 is 9.64 Å². The van der Waals surface area contributed by atoms with Gasteiger partial charge in [0.1, 0.15) is 17.1 Å². The summed E-state index contributed by atoms with van der Waals surface area (Å²) >= 11 is 5.53. The molecule has 2 amide bonds. The molecule has 2 heterocycles. The number of allylic oxidation sites excluding steroid dienone is 2. The maximum Gasteiger partial charge on any atom is 0.417 e. The third kappa shape index (κ3) is 5.71. The molecule has 2 aromatic carbocycles. The number of hydrogen-bond acceptors (Lipinski definition) is 5. The van der Waals surface area contributed by atoms with Gasteiger partial charge in [0, 0.05) is 37.0 Å². The molecular formula is C29H30F3N3O3S. The first-order chi connectivity index (χ1) is 18.6. The third-order valence-corrected chi connectivity index (χ3v) is 7.17. The number of rotatable bonds is 8. The van der Waals surface area contributed by atoms with Crippen molar-refractivity contribution in [1.82, 2.24) is 9.80 Å². The largest absolute Gasteiger partial charge is 0.456 e. The number of amides is 2. The molecule has 0 radical (unpaired) electrons. The molecule has 0 N–H and O–H groups in total. The number of alkyl halides is 3. The molecule has 1 saturated heterocycles. The normalized spacial score (nSPS) is 17.7. The number of thiocarbonyl (C=S) groups is 1. The fraction of sp³-hybridized carbons (Fsp3) is 0.345. The first kappa shape index (κ1) is 28.4. The standard InChI is InChI=1S/C29H30F3N3O3S/c1-4-7-15-34-26(36)25(27(37)35(28(34)39)18-19-11-9-8-10-12-19)24-17-22(29(30,31)32)21-14-13-20(16-23(21)38-24)33(5-2)6-3/h8-14,16-17H,4-7,15,18H2,1-3H3. The van der Waals surface area contributed by atoms with Gasteiger partial charge in [0.2, 0.25) is 0 Å². The highest BCUT2D eigenvalue weighted by atomic mass is 32.1. The van der Waals surface area contributed by atoms with Crippen LogP contribution in [0.25, 0.3) is 5.57 Å². The van der Waals surface area contributed by atoms with Crippen LogP contribution in [0.1, 0.15) is 44.7 Å². The van der Waals surface area contributed by atoms with E-state index in [9.17, 15) is 22.8 Å². The second-order valence-corrected chi connectivity index (χ2v) is 9.58. The minimum atomic E-state index is -4.75. The van der Waals surface area contributed by atoms with Crippen LogP contribution in [0.5, 0.6) is 5.75 Å². The second kappa shape index (κ2) is 11.6. The Kier molecular flexibility index (Phi) is 8.44. The van der Waals surface area contributed by atoms with Gasteiger partial charge in [0.05, 0.1) is 12.1 Å². The lowest BCUT2D eigenvalue weighted by atomic mass is 9.97. The number of fused-ring (bicyclic) bond motifs is 1. The number of unbranched alkanes of at least 4 members (excludes halogenated alkanes) is 1. The Morgan fingerprint density at radius 3 is 2.23 bits per heavy atom. The molecule has 0 aromatic heterocycles. The number of ether oxygens (including phenoxy) is 1. The summed E-state index contributed by atoms with van der Waals surface area (Å²) in [7, 11) is 0. The number of halogens is 3. The molecule has 206 valence electrons. The molecule has 0 unspecified atom stereocenters. The second-order valence-electron chi connectivity index (χ2n) is 9.22. The summed E-state index contributed by atoms with van der Waals surface area (Å²) in [6.45, 7) is 7.38. The number of carbonyl (C=O) groups is 2. The van der Waals surface area contributed by atoms with Gasteiger partial charge in [-0.3, -0.25) is 19.4 Å². The Hall–Kier alpha value is -3.66. The summed E-state index contributed by atoms with van der Waals surface area (Å²) in [5.74, 6) is -2.07. The van der Waals surface area contributed by atoms with Crippen LogP contribution in [0, 0.1) is 0 Å². The summed E-state index contributed by atoms with van der Waals surface area (Å²) in [6.07, 6.45) is -2.65. The zero-order valence-corrected chi connectivity index (χ0v) is 22.9. The van der Waals surface area contributed by atoms with Crippen LogP contribution in [-0.4, -0.2) is 52.5 Å². The number of carbonyl (C=O) groups excluding carboxylic acids is 2. The molecule has 0 saturated carbocycles. The fourth-order valence-corrected chi connectivity index (χ4v) is 4.95. The van der Waals surface area contributed by atoms with Gasteiger partial charge in [-0.25, -0.2) is 0 Å². The monoisotopic (exact) mass is 557 g/mol. The number of anilines is 1. The SMILES string of the molecule is CCCCN1C(=O)C(=C2C=C(C(F)(F)F)c3ccc(N(CC)CC)cc3O2)C(=O)N(Cc2ccccc2)C1=S. The predicted octanol–water partition coefficient (Wildman–Crippen LogP) is 6.08. The maximum atomic E-state index is 14.2. The van der Waals surface area contributed by atoms with E-state index in [1.165, 1.54) is 21.9 Å². The minimum absolute atomic E-state index is 0.0201. The van der Waals surface area contributed by atoms with Gasteiger partial charge < -0.3 is 9.64 Å². The van der Waals surface area contributed by atoms with Crippen molar-refractivity contribution >= 4 is 40.4 Å². The van der Waals surface area contributed by atoms with Crippen molar-refractivity contribution in [3.63, 3.8) is 0 Å². The molecule has 10 heteroatoms. The van der Waals surface area contributed by atoms with Gasteiger partial charge >= 0.3 is 6.18 Å². The number of nitrogens with zero attached hydrogens (tertiary/aromatic N) is 3. The molecule has 2 aliphatic rings. The van der Waals surface area contributed by atoms with Crippen molar-refractivity contribution in [3.8, 4) is 5.75 Å². The van der Waals surface area contributed by atoms with Crippen molar-refractivity contribution in [2.45, 2.75) is 46.3 Å². The van der Waals surface area contributed by atoms with E-state index >= 15 is 0 Å². The molecule has 0 atom stereocenters. The van der Waals surface area contributed by atoms with E-state index in [-0.39, 0.29) is 29.5 Å². The van der Waals surface area contributed by atoms with E-state index in [0.717, 1.165) is 18.1 Å². The molecule has 6 nitrogen and oxygen atoms in total. The first-order valence-corrected chi connectivity index (χ1v) is 13.3. The Morgan fingerprint density at radius 1 is 0.949 bits per heavy atom.